The third-order valence-corrected chi connectivity index (χ3v) is 9.42. The van der Waals surface area contributed by atoms with Gasteiger partial charge in [-0.25, -0.2) is 0 Å². The van der Waals surface area contributed by atoms with Gasteiger partial charge >= 0.3 is 0 Å². The van der Waals surface area contributed by atoms with Gasteiger partial charge in [0.25, 0.3) is 5.91 Å². The number of likely N-dealkylation sites (tertiary alicyclic amines) is 2. The molecule has 2 fully saturated rings. The first-order valence-electron chi connectivity index (χ1n) is 14.6. The summed E-state index contributed by atoms with van der Waals surface area (Å²) in [5.74, 6) is 1.25. The number of carbonyl (C=O) groups excluding carboxylic acids is 2. The summed E-state index contributed by atoms with van der Waals surface area (Å²) in [4.78, 5) is 31.3. The second-order valence-electron chi connectivity index (χ2n) is 11.4. The minimum absolute atomic E-state index is 0.0541. The van der Waals surface area contributed by atoms with E-state index in [0.29, 0.717) is 54.8 Å². The highest BCUT2D eigenvalue weighted by Crippen LogP contribution is 2.46. The average molecular weight is 572 g/mol. The molecule has 2 N–H and O–H groups in total. The molecule has 0 aromatic heterocycles. The number of methoxy groups -OCH3 is 3. The molecule has 2 aliphatic rings. The topological polar surface area (TPSA) is 94.3 Å². The van der Waals surface area contributed by atoms with Crippen LogP contribution in [-0.4, -0.2) is 75.2 Å². The summed E-state index contributed by atoms with van der Waals surface area (Å²) in [5, 5.41) is 0. The summed E-state index contributed by atoms with van der Waals surface area (Å²) >= 11 is 0. The Bertz CT molecular complexity index is 1370. The van der Waals surface area contributed by atoms with Gasteiger partial charge in [-0.1, -0.05) is 60.7 Å². The lowest BCUT2D eigenvalue weighted by molar-refractivity contribution is -0.126. The van der Waals surface area contributed by atoms with Gasteiger partial charge in [0.2, 0.25) is 11.7 Å². The summed E-state index contributed by atoms with van der Waals surface area (Å²) in [5.41, 5.74) is 8.05. The monoisotopic (exact) mass is 571 g/mol. The number of nitrogens with zero attached hydrogens (tertiary/aromatic N) is 2. The Morgan fingerprint density at radius 1 is 0.881 bits per heavy atom. The number of hydrogen-bond acceptors (Lipinski definition) is 6. The number of benzene rings is 3. The second-order valence-corrected chi connectivity index (χ2v) is 11.4. The Hall–Kier alpha value is -4.04. The highest BCUT2D eigenvalue weighted by Gasteiger charge is 2.50. The number of hydrogen-bond donors (Lipinski definition) is 1. The van der Waals surface area contributed by atoms with Crippen molar-refractivity contribution in [2.24, 2.45) is 11.7 Å². The Balaban J connectivity index is 1.36. The van der Waals surface area contributed by atoms with E-state index in [1.54, 1.807) is 33.5 Å². The fraction of sp³-hybridized carbons (Fsp3) is 0.412. The van der Waals surface area contributed by atoms with Crippen LogP contribution in [0.3, 0.4) is 0 Å². The minimum Gasteiger partial charge on any atom is -0.493 e. The summed E-state index contributed by atoms with van der Waals surface area (Å²) in [6.07, 6.45) is 1.54. The molecule has 0 radical (unpaired) electrons. The zero-order valence-electron chi connectivity index (χ0n) is 24.9. The Morgan fingerprint density at radius 3 is 2.07 bits per heavy atom. The third kappa shape index (κ3) is 5.31. The van der Waals surface area contributed by atoms with Crippen LogP contribution < -0.4 is 19.9 Å². The first-order chi connectivity index (χ1) is 20.3. The zero-order valence-corrected chi connectivity index (χ0v) is 24.9. The van der Waals surface area contributed by atoms with E-state index >= 15 is 0 Å². The van der Waals surface area contributed by atoms with Crippen molar-refractivity contribution in [3.63, 3.8) is 0 Å². The van der Waals surface area contributed by atoms with Crippen LogP contribution in [0, 0.1) is 5.92 Å². The molecule has 5 rings (SSSR count). The van der Waals surface area contributed by atoms with Gasteiger partial charge in [-0.2, -0.15) is 0 Å². The van der Waals surface area contributed by atoms with Gasteiger partial charge in [-0.05, 0) is 55.5 Å². The number of amides is 2. The molecule has 42 heavy (non-hydrogen) atoms. The standard InChI is InChI=1S/C34H41N3O5/c1-23(25-15-17-37(21-25)32(38)26-19-29(40-2)31(42-4)30(20-26)41-3)36-18-16-34(33(35)39,27-13-9-6-10-14-27)28(22-36)24-11-7-5-8-12-24/h5-14,19-20,23,25,28H,15-18,21-22H2,1-4H3,(H2,35,39). The van der Waals surface area contributed by atoms with Crippen molar-refractivity contribution in [2.45, 2.75) is 37.1 Å². The van der Waals surface area contributed by atoms with Gasteiger partial charge in [0.1, 0.15) is 0 Å². The molecular weight excluding hydrogens is 530 g/mol. The molecule has 2 amide bonds. The van der Waals surface area contributed by atoms with E-state index in [1.165, 1.54) is 0 Å². The van der Waals surface area contributed by atoms with Crippen LogP contribution in [0.15, 0.2) is 72.8 Å². The maximum atomic E-state index is 13.6. The van der Waals surface area contributed by atoms with E-state index in [-0.39, 0.29) is 23.8 Å². The Morgan fingerprint density at radius 2 is 1.50 bits per heavy atom. The van der Waals surface area contributed by atoms with E-state index in [1.807, 2.05) is 53.4 Å². The van der Waals surface area contributed by atoms with E-state index in [2.05, 4.69) is 24.0 Å². The molecular formula is C34H41N3O5. The SMILES string of the molecule is COc1cc(C(=O)N2CCC(C(C)N3CCC(C(N)=O)(c4ccccc4)C(c4ccccc4)C3)C2)cc(OC)c1OC. The molecule has 0 bridgehead atoms. The van der Waals surface area contributed by atoms with Crippen molar-refractivity contribution < 1.29 is 23.8 Å². The maximum absolute atomic E-state index is 13.6. The molecule has 3 aromatic rings. The second kappa shape index (κ2) is 12.4. The summed E-state index contributed by atoms with van der Waals surface area (Å²) < 4.78 is 16.4. The van der Waals surface area contributed by atoms with E-state index in [0.717, 1.165) is 24.1 Å². The third-order valence-electron chi connectivity index (χ3n) is 9.42. The predicted molar refractivity (Wildman–Crippen MR) is 162 cm³/mol. The highest BCUT2D eigenvalue weighted by molar-refractivity contribution is 5.96. The molecule has 2 heterocycles. The fourth-order valence-corrected chi connectivity index (χ4v) is 6.99. The van der Waals surface area contributed by atoms with Crippen LogP contribution >= 0.6 is 0 Å². The highest BCUT2D eigenvalue weighted by atomic mass is 16.5. The van der Waals surface area contributed by atoms with Gasteiger partial charge in [-0.15, -0.1) is 0 Å². The van der Waals surface area contributed by atoms with E-state index in [9.17, 15) is 9.59 Å². The molecule has 0 aliphatic carbocycles. The first-order valence-corrected chi connectivity index (χ1v) is 14.6. The van der Waals surface area contributed by atoms with Crippen LogP contribution in [0.5, 0.6) is 17.2 Å². The van der Waals surface area contributed by atoms with Gasteiger partial charge in [0, 0.05) is 37.2 Å². The molecule has 2 aliphatic heterocycles. The van der Waals surface area contributed by atoms with Gasteiger partial charge in [-0.3, -0.25) is 14.5 Å². The van der Waals surface area contributed by atoms with Crippen molar-refractivity contribution >= 4 is 11.8 Å². The van der Waals surface area contributed by atoms with Crippen LogP contribution in [0.1, 0.15) is 47.2 Å². The number of ether oxygens (including phenoxy) is 3. The molecule has 3 aromatic carbocycles. The summed E-state index contributed by atoms with van der Waals surface area (Å²) in [7, 11) is 4.64. The van der Waals surface area contributed by atoms with Gasteiger partial charge in [0.15, 0.2) is 11.5 Å². The molecule has 8 heteroatoms. The van der Waals surface area contributed by atoms with Crippen LogP contribution in [0.2, 0.25) is 0 Å². The molecule has 8 nitrogen and oxygen atoms in total. The first kappa shape index (κ1) is 29.5. The number of piperidine rings is 1. The van der Waals surface area contributed by atoms with Crippen molar-refractivity contribution in [1.29, 1.82) is 0 Å². The normalized spacial score (nSPS) is 23.3. The average Bonchev–Trinajstić information content (AvgIpc) is 3.54. The van der Waals surface area contributed by atoms with E-state index in [4.69, 9.17) is 19.9 Å². The lowest BCUT2D eigenvalue weighted by Crippen LogP contribution is -2.57. The minimum atomic E-state index is -0.789. The van der Waals surface area contributed by atoms with Crippen LogP contribution in [0.4, 0.5) is 0 Å². The largest absolute Gasteiger partial charge is 0.493 e. The van der Waals surface area contributed by atoms with Crippen molar-refractivity contribution in [3.8, 4) is 17.2 Å². The number of rotatable bonds is 9. The number of nitrogens with two attached hydrogens (primary N) is 1. The van der Waals surface area contributed by atoms with Crippen molar-refractivity contribution in [2.75, 3.05) is 47.5 Å². The summed E-state index contributed by atoms with van der Waals surface area (Å²) in [6.45, 7) is 5.04. The van der Waals surface area contributed by atoms with Gasteiger partial charge < -0.3 is 24.8 Å². The Kier molecular flexibility index (Phi) is 8.73. The molecule has 0 spiro atoms. The lowest BCUT2D eigenvalue weighted by Gasteiger charge is -2.49. The van der Waals surface area contributed by atoms with Crippen molar-refractivity contribution in [1.82, 2.24) is 9.80 Å². The van der Waals surface area contributed by atoms with Crippen LogP contribution in [0.25, 0.3) is 0 Å². The zero-order chi connectivity index (χ0) is 29.9. The van der Waals surface area contributed by atoms with Gasteiger partial charge in [0.05, 0.1) is 26.7 Å². The molecule has 0 saturated carbocycles. The number of carbonyl (C=O) groups is 2. The Labute approximate surface area is 248 Å². The van der Waals surface area contributed by atoms with E-state index < -0.39 is 5.41 Å². The lowest BCUT2D eigenvalue weighted by atomic mass is 9.62. The number of primary amides is 1. The quantitative estimate of drug-likeness (QED) is 0.407. The molecule has 4 atom stereocenters. The maximum Gasteiger partial charge on any atom is 0.254 e. The molecule has 4 unspecified atom stereocenters. The van der Waals surface area contributed by atoms with Crippen molar-refractivity contribution in [3.05, 3.63) is 89.5 Å². The molecule has 222 valence electrons. The molecule has 2 saturated heterocycles. The predicted octanol–water partition coefficient (Wildman–Crippen LogP) is 4.48. The van der Waals surface area contributed by atoms with Crippen LogP contribution in [-0.2, 0) is 10.2 Å². The summed E-state index contributed by atoms with van der Waals surface area (Å²) in [6, 6.07) is 23.9. The fourth-order valence-electron chi connectivity index (χ4n) is 6.99. The smallest absolute Gasteiger partial charge is 0.254 e.